The van der Waals surface area contributed by atoms with Crippen molar-refractivity contribution < 1.29 is 9.53 Å². The molecule has 20 heavy (non-hydrogen) atoms. The summed E-state index contributed by atoms with van der Waals surface area (Å²) in [5.41, 5.74) is 1.45. The second-order valence-corrected chi connectivity index (χ2v) is 5.59. The Morgan fingerprint density at radius 2 is 2.05 bits per heavy atom. The van der Waals surface area contributed by atoms with Crippen molar-refractivity contribution in [1.82, 2.24) is 14.9 Å². The lowest BCUT2D eigenvalue weighted by Crippen LogP contribution is -2.37. The molecular formula is C14H14BrN3O2. The summed E-state index contributed by atoms with van der Waals surface area (Å²) in [7, 11) is 0. The number of piperidine rings is 1. The minimum absolute atomic E-state index is 0.236. The molecule has 1 aromatic carbocycles. The molecule has 0 atom stereocenters. The van der Waals surface area contributed by atoms with E-state index in [4.69, 9.17) is 4.74 Å². The van der Waals surface area contributed by atoms with E-state index in [1.165, 1.54) is 12.6 Å². The zero-order chi connectivity index (χ0) is 13.9. The van der Waals surface area contributed by atoms with E-state index in [0.29, 0.717) is 5.52 Å². The maximum atomic E-state index is 12.0. The first-order chi connectivity index (χ1) is 9.74. The van der Waals surface area contributed by atoms with Crippen LogP contribution >= 0.6 is 15.9 Å². The smallest absolute Gasteiger partial charge is 0.389 e. The van der Waals surface area contributed by atoms with E-state index in [1.807, 2.05) is 18.2 Å². The van der Waals surface area contributed by atoms with E-state index >= 15 is 0 Å². The molecular weight excluding hydrogens is 322 g/mol. The van der Waals surface area contributed by atoms with Gasteiger partial charge in [0.15, 0.2) is 0 Å². The number of halogens is 1. The lowest BCUT2D eigenvalue weighted by atomic mass is 10.1. The Bertz CT molecular complexity index is 641. The van der Waals surface area contributed by atoms with Gasteiger partial charge in [-0.15, -0.1) is 0 Å². The van der Waals surface area contributed by atoms with Crippen LogP contribution in [0.2, 0.25) is 0 Å². The van der Waals surface area contributed by atoms with Gasteiger partial charge in [-0.2, -0.15) is 0 Å². The molecule has 0 unspecified atom stereocenters. The van der Waals surface area contributed by atoms with E-state index < -0.39 is 0 Å². The first-order valence-electron chi connectivity index (χ1n) is 6.62. The fourth-order valence-corrected chi connectivity index (χ4v) is 2.71. The van der Waals surface area contributed by atoms with Gasteiger partial charge in [0.05, 0.1) is 11.7 Å². The lowest BCUT2D eigenvalue weighted by Gasteiger charge is -2.25. The highest BCUT2D eigenvalue weighted by atomic mass is 79.9. The third kappa shape index (κ3) is 2.75. The number of fused-ring (bicyclic) bond motifs is 1. The summed E-state index contributed by atoms with van der Waals surface area (Å²) in [6, 6.07) is 5.64. The first-order valence-corrected chi connectivity index (χ1v) is 7.41. The van der Waals surface area contributed by atoms with Crippen LogP contribution in [0.5, 0.6) is 5.88 Å². The zero-order valence-corrected chi connectivity index (χ0v) is 12.5. The zero-order valence-electron chi connectivity index (χ0n) is 10.9. The van der Waals surface area contributed by atoms with Crippen LogP contribution in [0.25, 0.3) is 11.0 Å². The quantitative estimate of drug-likeness (QED) is 0.801. The van der Waals surface area contributed by atoms with Gasteiger partial charge in [0.25, 0.3) is 0 Å². The van der Waals surface area contributed by atoms with Gasteiger partial charge in [0.1, 0.15) is 5.52 Å². The molecule has 1 aliphatic rings. The third-order valence-corrected chi connectivity index (χ3v) is 3.95. The number of likely N-dealkylation sites (tertiary alicyclic amines) is 1. The van der Waals surface area contributed by atoms with Crippen LogP contribution in [-0.2, 0) is 0 Å². The highest BCUT2D eigenvalue weighted by Crippen LogP contribution is 2.22. The molecule has 3 rings (SSSR count). The van der Waals surface area contributed by atoms with Crippen LogP contribution in [0.4, 0.5) is 4.79 Å². The molecule has 104 valence electrons. The number of amides is 1. The summed E-state index contributed by atoms with van der Waals surface area (Å²) in [5, 5.41) is 0. The number of rotatable bonds is 1. The Hall–Kier alpha value is -1.69. The maximum absolute atomic E-state index is 12.0. The molecule has 2 aromatic rings. The number of nitrogens with zero attached hydrogens (tertiary/aromatic N) is 3. The molecule has 1 fully saturated rings. The average Bonchev–Trinajstić information content (AvgIpc) is 2.49. The molecule has 1 aromatic heterocycles. The number of para-hydroxylation sites is 1. The van der Waals surface area contributed by atoms with Crippen LogP contribution in [0.1, 0.15) is 19.3 Å². The van der Waals surface area contributed by atoms with Crippen molar-refractivity contribution in [1.29, 1.82) is 0 Å². The first kappa shape index (κ1) is 13.3. The molecule has 0 aliphatic carbocycles. The number of carbonyl (C=O) groups is 1. The van der Waals surface area contributed by atoms with E-state index in [1.54, 1.807) is 4.90 Å². The van der Waals surface area contributed by atoms with Crippen LogP contribution in [0.15, 0.2) is 28.9 Å². The van der Waals surface area contributed by atoms with Crippen molar-refractivity contribution in [2.45, 2.75) is 19.3 Å². The monoisotopic (exact) mass is 335 g/mol. The van der Waals surface area contributed by atoms with Crippen LogP contribution in [-0.4, -0.2) is 34.1 Å². The third-order valence-electron chi connectivity index (χ3n) is 3.31. The highest BCUT2D eigenvalue weighted by molar-refractivity contribution is 9.10. The van der Waals surface area contributed by atoms with Crippen molar-refractivity contribution in [3.05, 3.63) is 28.9 Å². The number of ether oxygens (including phenoxy) is 1. The number of hydrogen-bond donors (Lipinski definition) is 0. The van der Waals surface area contributed by atoms with Crippen molar-refractivity contribution in [3.63, 3.8) is 0 Å². The second kappa shape index (κ2) is 5.75. The number of aromatic nitrogens is 2. The predicted octanol–water partition coefficient (Wildman–Crippen LogP) is 3.38. The number of benzene rings is 1. The standard InChI is InChI=1S/C14H14BrN3O2/c15-10-5-4-6-11-13(10)17-12(9-16-11)20-14(19)18-7-2-1-3-8-18/h4-6,9H,1-3,7-8H2. The van der Waals surface area contributed by atoms with Gasteiger partial charge in [-0.25, -0.2) is 14.8 Å². The highest BCUT2D eigenvalue weighted by Gasteiger charge is 2.19. The summed E-state index contributed by atoms with van der Waals surface area (Å²) < 4.78 is 6.14. The minimum atomic E-state index is -0.342. The summed E-state index contributed by atoms with van der Waals surface area (Å²) >= 11 is 3.42. The van der Waals surface area contributed by atoms with E-state index in [9.17, 15) is 4.79 Å². The molecule has 0 radical (unpaired) electrons. The van der Waals surface area contributed by atoms with Crippen molar-refractivity contribution in [2.24, 2.45) is 0 Å². The summed E-state index contributed by atoms with van der Waals surface area (Å²) in [4.78, 5) is 22.3. The molecule has 0 spiro atoms. The lowest BCUT2D eigenvalue weighted by molar-refractivity contribution is 0.141. The fraction of sp³-hybridized carbons (Fsp3) is 0.357. The topological polar surface area (TPSA) is 55.3 Å². The average molecular weight is 336 g/mol. The number of hydrogen-bond acceptors (Lipinski definition) is 4. The molecule has 6 heteroatoms. The molecule has 0 saturated carbocycles. The van der Waals surface area contributed by atoms with E-state index in [2.05, 4.69) is 25.9 Å². The Labute approximate surface area is 125 Å². The van der Waals surface area contributed by atoms with Gasteiger partial charge in [0.2, 0.25) is 5.88 Å². The fourth-order valence-electron chi connectivity index (χ4n) is 2.26. The second-order valence-electron chi connectivity index (χ2n) is 4.73. The van der Waals surface area contributed by atoms with Gasteiger partial charge >= 0.3 is 6.09 Å². The Morgan fingerprint density at radius 1 is 1.25 bits per heavy atom. The molecule has 1 saturated heterocycles. The predicted molar refractivity (Wildman–Crippen MR) is 78.7 cm³/mol. The Kier molecular flexibility index (Phi) is 3.82. The molecule has 0 bridgehead atoms. The van der Waals surface area contributed by atoms with E-state index in [-0.39, 0.29) is 12.0 Å². The molecule has 1 amide bonds. The normalized spacial score (nSPS) is 15.3. The van der Waals surface area contributed by atoms with E-state index in [0.717, 1.165) is 35.9 Å². The summed E-state index contributed by atoms with van der Waals surface area (Å²) in [6.45, 7) is 1.51. The van der Waals surface area contributed by atoms with Gasteiger partial charge in [-0.1, -0.05) is 6.07 Å². The molecule has 2 heterocycles. The Morgan fingerprint density at radius 3 is 2.85 bits per heavy atom. The molecule has 5 nitrogen and oxygen atoms in total. The summed E-state index contributed by atoms with van der Waals surface area (Å²) in [5.74, 6) is 0.236. The largest absolute Gasteiger partial charge is 0.416 e. The van der Waals surface area contributed by atoms with Crippen molar-refractivity contribution in [3.8, 4) is 5.88 Å². The van der Waals surface area contributed by atoms with Gasteiger partial charge in [-0.05, 0) is 47.3 Å². The van der Waals surface area contributed by atoms with Crippen molar-refractivity contribution in [2.75, 3.05) is 13.1 Å². The Balaban J connectivity index is 1.80. The van der Waals surface area contributed by atoms with Gasteiger partial charge in [0, 0.05) is 17.6 Å². The van der Waals surface area contributed by atoms with Gasteiger partial charge in [-0.3, -0.25) is 0 Å². The SMILES string of the molecule is O=C(Oc1cnc2cccc(Br)c2n1)N1CCCCC1. The number of carbonyl (C=O) groups excluding carboxylic acids is 1. The minimum Gasteiger partial charge on any atom is -0.389 e. The van der Waals surface area contributed by atoms with Gasteiger partial charge < -0.3 is 9.64 Å². The summed E-state index contributed by atoms with van der Waals surface area (Å²) in [6.07, 6.45) is 4.38. The maximum Gasteiger partial charge on any atom is 0.416 e. The molecule has 1 aliphatic heterocycles. The molecule has 0 N–H and O–H groups in total. The van der Waals surface area contributed by atoms with Crippen LogP contribution < -0.4 is 4.74 Å². The van der Waals surface area contributed by atoms with Crippen LogP contribution in [0, 0.1) is 0 Å². The van der Waals surface area contributed by atoms with Crippen LogP contribution in [0.3, 0.4) is 0 Å². The van der Waals surface area contributed by atoms with Crippen molar-refractivity contribution >= 4 is 33.1 Å².